The number of carboxylic acids is 1. The normalized spacial score (nSPS) is 25.1. The number of carboxylic acid groups (broad SMARTS) is 1. The van der Waals surface area contributed by atoms with E-state index < -0.39 is 22.1 Å². The predicted octanol–water partition coefficient (Wildman–Crippen LogP) is -1.97. The molecule has 0 radical (unpaired) electrons. The van der Waals surface area contributed by atoms with Crippen LogP contribution in [0.2, 0.25) is 0 Å². The minimum Gasteiger partial charge on any atom is -0.550 e. The molecule has 7 nitrogen and oxygen atoms in total. The molecule has 0 spiro atoms. The van der Waals surface area contributed by atoms with Crippen molar-refractivity contribution in [1.29, 1.82) is 0 Å². The summed E-state index contributed by atoms with van der Waals surface area (Å²) in [5.74, 6) is -1.61. The Morgan fingerprint density at radius 3 is 2.06 bits per heavy atom. The van der Waals surface area contributed by atoms with Crippen molar-refractivity contribution >= 4 is 16.2 Å². The molecule has 8 heteroatoms. The highest BCUT2D eigenvalue weighted by atomic mass is 32.2. The number of nitrogens with zero attached hydrogens (tertiary/aromatic N) is 2. The van der Waals surface area contributed by atoms with Crippen LogP contribution in [0.1, 0.15) is 12.8 Å². The lowest BCUT2D eigenvalue weighted by Crippen LogP contribution is -2.51. The third kappa shape index (κ3) is 2.82. The van der Waals surface area contributed by atoms with E-state index in [2.05, 4.69) is 0 Å². The van der Waals surface area contributed by atoms with Crippen molar-refractivity contribution in [3.8, 4) is 0 Å². The fourth-order valence-electron chi connectivity index (χ4n) is 2.26. The van der Waals surface area contributed by atoms with Crippen LogP contribution in [0.4, 0.5) is 0 Å². The molecule has 0 saturated carbocycles. The highest BCUT2D eigenvalue weighted by Crippen LogP contribution is 2.21. The Bertz CT molecular complexity index is 396. The van der Waals surface area contributed by atoms with Crippen LogP contribution in [0.3, 0.4) is 0 Å². The maximum absolute atomic E-state index is 12.3. The first-order chi connectivity index (χ1) is 8.51. The summed E-state index contributed by atoms with van der Waals surface area (Å²) in [7, 11) is -3.46. The van der Waals surface area contributed by atoms with Crippen molar-refractivity contribution in [3.63, 3.8) is 0 Å². The van der Waals surface area contributed by atoms with Crippen LogP contribution in [0.15, 0.2) is 0 Å². The van der Waals surface area contributed by atoms with Crippen LogP contribution in [-0.4, -0.2) is 62.4 Å². The number of carbonyl (C=O) groups excluding carboxylic acids is 1. The summed E-state index contributed by atoms with van der Waals surface area (Å²) in [6.45, 7) is 2.05. The molecule has 104 valence electrons. The number of piperidine rings is 1. The van der Waals surface area contributed by atoms with E-state index in [4.69, 9.17) is 4.74 Å². The molecule has 18 heavy (non-hydrogen) atoms. The number of hydrogen-bond donors (Lipinski definition) is 0. The van der Waals surface area contributed by atoms with Gasteiger partial charge in [-0.05, 0) is 12.8 Å². The van der Waals surface area contributed by atoms with Crippen LogP contribution < -0.4 is 5.11 Å². The Kier molecular flexibility index (Phi) is 4.21. The third-order valence-corrected chi connectivity index (χ3v) is 5.45. The van der Waals surface area contributed by atoms with Gasteiger partial charge in [-0.2, -0.15) is 17.0 Å². The Hall–Kier alpha value is -0.700. The van der Waals surface area contributed by atoms with E-state index in [1.165, 1.54) is 8.61 Å². The SMILES string of the molecule is O=C([O-])C1CCN(S(=O)(=O)N2CCOCC2)CC1. The van der Waals surface area contributed by atoms with Crippen molar-refractivity contribution in [2.24, 2.45) is 5.92 Å². The number of rotatable bonds is 3. The molecule has 0 aliphatic carbocycles. The highest BCUT2D eigenvalue weighted by Gasteiger charge is 2.33. The van der Waals surface area contributed by atoms with E-state index in [0.29, 0.717) is 39.1 Å². The monoisotopic (exact) mass is 277 g/mol. The molecule has 0 aromatic carbocycles. The number of carbonyl (C=O) groups is 1. The highest BCUT2D eigenvalue weighted by molar-refractivity contribution is 7.86. The first-order valence-corrected chi connectivity index (χ1v) is 7.45. The molecule has 0 aromatic rings. The van der Waals surface area contributed by atoms with E-state index in [9.17, 15) is 18.3 Å². The quantitative estimate of drug-likeness (QED) is 0.596. The molecule has 0 atom stereocenters. The van der Waals surface area contributed by atoms with Gasteiger partial charge in [-0.1, -0.05) is 0 Å². The minimum absolute atomic E-state index is 0.248. The second kappa shape index (κ2) is 5.52. The standard InChI is InChI=1S/C10H18N2O5S/c13-10(14)9-1-3-11(4-2-9)18(15,16)12-5-7-17-8-6-12/h9H,1-8H2,(H,13,14)/p-1. The summed E-state index contributed by atoms with van der Waals surface area (Å²) in [6, 6.07) is 0. The van der Waals surface area contributed by atoms with Crippen LogP contribution in [0.25, 0.3) is 0 Å². The van der Waals surface area contributed by atoms with Crippen molar-refractivity contribution in [2.45, 2.75) is 12.8 Å². The summed E-state index contributed by atoms with van der Waals surface area (Å²) < 4.78 is 32.4. The zero-order valence-corrected chi connectivity index (χ0v) is 10.9. The molecule has 2 rings (SSSR count). The smallest absolute Gasteiger partial charge is 0.282 e. The second-order valence-corrected chi connectivity index (χ2v) is 6.44. The van der Waals surface area contributed by atoms with Crippen LogP contribution in [0.5, 0.6) is 0 Å². The van der Waals surface area contributed by atoms with E-state index in [1.54, 1.807) is 0 Å². The van der Waals surface area contributed by atoms with Crippen LogP contribution >= 0.6 is 0 Å². The van der Waals surface area contributed by atoms with Gasteiger partial charge in [0.2, 0.25) is 0 Å². The maximum atomic E-state index is 12.3. The number of ether oxygens (including phenoxy) is 1. The zero-order chi connectivity index (χ0) is 13.2. The van der Waals surface area contributed by atoms with Crippen molar-refractivity contribution in [2.75, 3.05) is 39.4 Å². The summed E-state index contributed by atoms with van der Waals surface area (Å²) >= 11 is 0. The van der Waals surface area contributed by atoms with E-state index in [-0.39, 0.29) is 13.1 Å². The Labute approximate surface area is 106 Å². The van der Waals surface area contributed by atoms with Gasteiger partial charge in [-0.3, -0.25) is 0 Å². The molecule has 0 N–H and O–H groups in total. The van der Waals surface area contributed by atoms with Gasteiger partial charge in [0, 0.05) is 38.1 Å². The Morgan fingerprint density at radius 2 is 1.56 bits per heavy atom. The number of aliphatic carboxylic acids is 1. The van der Waals surface area contributed by atoms with E-state index in [1.807, 2.05) is 0 Å². The lowest BCUT2D eigenvalue weighted by Gasteiger charge is -2.36. The molecular weight excluding hydrogens is 260 g/mol. The molecule has 2 aliphatic heterocycles. The van der Waals surface area contributed by atoms with Gasteiger partial charge in [-0.25, -0.2) is 0 Å². The van der Waals surface area contributed by atoms with Gasteiger partial charge in [0.25, 0.3) is 10.2 Å². The number of morpholine rings is 1. The van der Waals surface area contributed by atoms with Gasteiger partial charge < -0.3 is 14.6 Å². The fraction of sp³-hybridized carbons (Fsp3) is 0.900. The predicted molar refractivity (Wildman–Crippen MR) is 60.6 cm³/mol. The molecule has 2 aliphatic rings. The average molecular weight is 277 g/mol. The van der Waals surface area contributed by atoms with Crippen LogP contribution in [-0.2, 0) is 19.7 Å². The molecule has 0 amide bonds. The first kappa shape index (κ1) is 13.7. The van der Waals surface area contributed by atoms with E-state index >= 15 is 0 Å². The lowest BCUT2D eigenvalue weighted by molar-refractivity contribution is -0.312. The largest absolute Gasteiger partial charge is 0.550 e. The third-order valence-electron chi connectivity index (χ3n) is 3.41. The Morgan fingerprint density at radius 1 is 1.06 bits per heavy atom. The van der Waals surface area contributed by atoms with Crippen LogP contribution in [0, 0.1) is 5.92 Å². The van der Waals surface area contributed by atoms with E-state index in [0.717, 1.165) is 0 Å². The van der Waals surface area contributed by atoms with Gasteiger partial charge >= 0.3 is 0 Å². The van der Waals surface area contributed by atoms with Crippen molar-refractivity contribution in [1.82, 2.24) is 8.61 Å². The summed E-state index contributed by atoms with van der Waals surface area (Å²) in [6.07, 6.45) is 0.651. The van der Waals surface area contributed by atoms with Gasteiger partial charge in [0.15, 0.2) is 0 Å². The summed E-state index contributed by atoms with van der Waals surface area (Å²) in [5, 5.41) is 10.7. The molecule has 0 unspecified atom stereocenters. The number of hydrogen-bond acceptors (Lipinski definition) is 5. The lowest BCUT2D eigenvalue weighted by atomic mass is 9.99. The van der Waals surface area contributed by atoms with Gasteiger partial charge in [-0.15, -0.1) is 0 Å². The minimum atomic E-state index is -3.46. The first-order valence-electron chi connectivity index (χ1n) is 6.05. The summed E-state index contributed by atoms with van der Waals surface area (Å²) in [4.78, 5) is 10.7. The molecule has 2 heterocycles. The Balaban J connectivity index is 1.97. The van der Waals surface area contributed by atoms with Crippen molar-refractivity contribution < 1.29 is 23.1 Å². The molecule has 0 bridgehead atoms. The van der Waals surface area contributed by atoms with Gasteiger partial charge in [0.1, 0.15) is 0 Å². The van der Waals surface area contributed by atoms with Crippen molar-refractivity contribution in [3.05, 3.63) is 0 Å². The summed E-state index contributed by atoms with van der Waals surface area (Å²) in [5.41, 5.74) is 0. The average Bonchev–Trinajstić information content (AvgIpc) is 2.40. The molecule has 0 aromatic heterocycles. The fourth-order valence-corrected chi connectivity index (χ4v) is 3.87. The topological polar surface area (TPSA) is 90.0 Å². The molecular formula is C10H17N2O5S-. The van der Waals surface area contributed by atoms with Gasteiger partial charge in [0.05, 0.1) is 13.2 Å². The maximum Gasteiger partial charge on any atom is 0.282 e. The molecule has 2 saturated heterocycles. The molecule has 2 fully saturated rings. The second-order valence-electron chi connectivity index (χ2n) is 4.51. The zero-order valence-electron chi connectivity index (χ0n) is 10.1.